The van der Waals surface area contributed by atoms with Crippen molar-refractivity contribution in [2.24, 2.45) is 0 Å². The second-order valence-corrected chi connectivity index (χ2v) is 8.15. The van der Waals surface area contributed by atoms with Crippen molar-refractivity contribution in [3.63, 3.8) is 0 Å². The van der Waals surface area contributed by atoms with Gasteiger partial charge in [-0.05, 0) is 65.5 Å². The summed E-state index contributed by atoms with van der Waals surface area (Å²) in [5, 5.41) is 5.77. The summed E-state index contributed by atoms with van der Waals surface area (Å²) in [6, 6.07) is 9.07. The first kappa shape index (κ1) is 19.4. The maximum absolute atomic E-state index is 12.5. The highest BCUT2D eigenvalue weighted by molar-refractivity contribution is 9.10. The molecule has 8 heteroatoms. The summed E-state index contributed by atoms with van der Waals surface area (Å²) in [6.45, 7) is 3.56. The minimum atomic E-state index is -0.159. The van der Waals surface area contributed by atoms with Crippen LogP contribution >= 0.6 is 15.9 Å². The number of halogens is 1. The number of urea groups is 1. The van der Waals surface area contributed by atoms with Gasteiger partial charge >= 0.3 is 6.03 Å². The monoisotopic (exact) mass is 455 g/mol. The maximum atomic E-state index is 12.5. The highest BCUT2D eigenvalue weighted by atomic mass is 79.9. The number of pyridine rings is 1. The van der Waals surface area contributed by atoms with Crippen LogP contribution in [0.4, 0.5) is 16.2 Å². The average molecular weight is 456 g/mol. The van der Waals surface area contributed by atoms with Crippen molar-refractivity contribution in [3.8, 4) is 0 Å². The second kappa shape index (κ2) is 8.24. The Morgan fingerprint density at radius 2 is 1.83 bits per heavy atom. The van der Waals surface area contributed by atoms with Gasteiger partial charge in [0.2, 0.25) is 5.91 Å². The molecule has 0 saturated carbocycles. The molecule has 1 aliphatic heterocycles. The number of amides is 3. The van der Waals surface area contributed by atoms with Crippen molar-refractivity contribution in [3.05, 3.63) is 58.5 Å². The molecule has 4 rings (SSSR count). The topological polar surface area (TPSA) is 78.7 Å². The molecule has 0 unspecified atom stereocenters. The summed E-state index contributed by atoms with van der Waals surface area (Å²) < 4.78 is 2.87. The number of aryl methyl sites for hydroxylation is 1. The standard InChI is InChI=1S/C21H22BrN5O2/c1-14-9-15(22)12-27-13-18(24-20(14)27)11-19(28)23-16-5-4-6-17(10-16)25-21(29)26-7-2-3-8-26/h4-6,9-10,12-13H,2-3,7-8,11H2,1H3,(H,23,28)(H,25,29). The molecular weight excluding hydrogens is 434 g/mol. The quantitative estimate of drug-likeness (QED) is 0.618. The summed E-state index contributed by atoms with van der Waals surface area (Å²) in [6.07, 6.45) is 6.04. The number of nitrogens with one attached hydrogen (secondary N) is 2. The molecule has 0 radical (unpaired) electrons. The van der Waals surface area contributed by atoms with Crippen LogP contribution in [0.3, 0.4) is 0 Å². The summed E-state index contributed by atoms with van der Waals surface area (Å²) in [7, 11) is 0. The predicted molar refractivity (Wildman–Crippen MR) is 116 cm³/mol. The highest BCUT2D eigenvalue weighted by Crippen LogP contribution is 2.19. The molecule has 0 atom stereocenters. The van der Waals surface area contributed by atoms with E-state index in [0.29, 0.717) is 17.1 Å². The van der Waals surface area contributed by atoms with Crippen LogP contribution in [0.25, 0.3) is 5.65 Å². The number of anilines is 2. The van der Waals surface area contributed by atoms with E-state index in [9.17, 15) is 9.59 Å². The molecule has 0 spiro atoms. The molecule has 3 aromatic rings. The SMILES string of the molecule is Cc1cc(Br)cn2cc(CC(=O)Nc3cccc(NC(=O)N4CCCC4)c3)nc12. The Hall–Kier alpha value is -2.87. The number of rotatable bonds is 4. The number of imidazole rings is 1. The number of benzene rings is 1. The summed E-state index contributed by atoms with van der Waals surface area (Å²) >= 11 is 3.47. The lowest BCUT2D eigenvalue weighted by atomic mass is 10.2. The van der Waals surface area contributed by atoms with Gasteiger partial charge in [-0.1, -0.05) is 6.07 Å². The zero-order valence-corrected chi connectivity index (χ0v) is 17.7. The minimum Gasteiger partial charge on any atom is -0.326 e. The fourth-order valence-electron chi connectivity index (χ4n) is 3.53. The van der Waals surface area contributed by atoms with E-state index < -0.39 is 0 Å². The molecule has 7 nitrogen and oxygen atoms in total. The highest BCUT2D eigenvalue weighted by Gasteiger charge is 2.18. The van der Waals surface area contributed by atoms with Gasteiger partial charge in [-0.2, -0.15) is 0 Å². The Bertz CT molecular complexity index is 1070. The van der Waals surface area contributed by atoms with Crippen LogP contribution < -0.4 is 10.6 Å². The van der Waals surface area contributed by atoms with Gasteiger partial charge in [-0.3, -0.25) is 4.79 Å². The number of aromatic nitrogens is 2. The van der Waals surface area contributed by atoms with Crippen molar-refractivity contribution >= 4 is 44.9 Å². The molecule has 1 aliphatic rings. The Morgan fingerprint density at radius 3 is 2.59 bits per heavy atom. The minimum absolute atomic E-state index is 0.0998. The van der Waals surface area contributed by atoms with Crippen LogP contribution in [0.2, 0.25) is 0 Å². The van der Waals surface area contributed by atoms with Crippen molar-refractivity contribution in [2.45, 2.75) is 26.2 Å². The maximum Gasteiger partial charge on any atom is 0.321 e. The van der Waals surface area contributed by atoms with Crippen molar-refractivity contribution < 1.29 is 9.59 Å². The molecule has 29 heavy (non-hydrogen) atoms. The Morgan fingerprint density at radius 1 is 1.10 bits per heavy atom. The Labute approximate surface area is 177 Å². The Balaban J connectivity index is 1.40. The van der Waals surface area contributed by atoms with Crippen LogP contribution in [0, 0.1) is 6.92 Å². The number of hydrogen-bond donors (Lipinski definition) is 2. The molecule has 150 valence electrons. The molecule has 1 fully saturated rings. The first-order valence-electron chi connectivity index (χ1n) is 9.57. The lowest BCUT2D eigenvalue weighted by molar-refractivity contribution is -0.115. The lowest BCUT2D eigenvalue weighted by Gasteiger charge is -2.16. The number of nitrogens with zero attached hydrogens (tertiary/aromatic N) is 3. The average Bonchev–Trinajstić information content (AvgIpc) is 3.31. The van der Waals surface area contributed by atoms with Gasteiger partial charge < -0.3 is 19.9 Å². The van der Waals surface area contributed by atoms with Gasteiger partial charge in [0.15, 0.2) is 0 Å². The zero-order chi connectivity index (χ0) is 20.4. The molecule has 0 bridgehead atoms. The van der Waals surface area contributed by atoms with E-state index in [1.165, 1.54) is 0 Å². The van der Waals surface area contributed by atoms with Crippen molar-refractivity contribution in [1.29, 1.82) is 0 Å². The third-order valence-corrected chi connectivity index (χ3v) is 5.32. The van der Waals surface area contributed by atoms with E-state index in [2.05, 4.69) is 31.5 Å². The number of carbonyl (C=O) groups is 2. The number of likely N-dealkylation sites (tertiary alicyclic amines) is 1. The molecule has 1 aromatic carbocycles. The van der Waals surface area contributed by atoms with Gasteiger partial charge in [0, 0.05) is 41.3 Å². The van der Waals surface area contributed by atoms with Gasteiger partial charge in [0.05, 0.1) is 12.1 Å². The van der Waals surface area contributed by atoms with E-state index >= 15 is 0 Å². The van der Waals surface area contributed by atoms with Crippen LogP contribution in [0.1, 0.15) is 24.1 Å². The first-order valence-corrected chi connectivity index (χ1v) is 10.4. The lowest BCUT2D eigenvalue weighted by Crippen LogP contribution is -2.32. The Kier molecular flexibility index (Phi) is 5.53. The number of fused-ring (bicyclic) bond motifs is 1. The van der Waals surface area contributed by atoms with Crippen LogP contribution in [0.15, 0.2) is 47.2 Å². The first-order chi connectivity index (χ1) is 14.0. The molecule has 1 saturated heterocycles. The molecule has 2 aromatic heterocycles. The number of hydrogen-bond acceptors (Lipinski definition) is 3. The predicted octanol–water partition coefficient (Wildman–Crippen LogP) is 4.21. The van der Waals surface area contributed by atoms with Crippen LogP contribution in [0.5, 0.6) is 0 Å². The van der Waals surface area contributed by atoms with Gasteiger partial charge in [-0.15, -0.1) is 0 Å². The smallest absolute Gasteiger partial charge is 0.321 e. The van der Waals surface area contributed by atoms with Crippen LogP contribution in [-0.4, -0.2) is 39.3 Å². The normalized spacial score (nSPS) is 13.7. The third-order valence-electron chi connectivity index (χ3n) is 4.88. The van der Waals surface area contributed by atoms with E-state index in [4.69, 9.17) is 0 Å². The van der Waals surface area contributed by atoms with Crippen molar-refractivity contribution in [1.82, 2.24) is 14.3 Å². The van der Waals surface area contributed by atoms with Gasteiger partial charge in [-0.25, -0.2) is 9.78 Å². The van der Waals surface area contributed by atoms with Gasteiger partial charge in [0.25, 0.3) is 0 Å². The summed E-state index contributed by atoms with van der Waals surface area (Å²) in [4.78, 5) is 31.1. The van der Waals surface area contributed by atoms with Gasteiger partial charge in [0.1, 0.15) is 5.65 Å². The van der Waals surface area contributed by atoms with E-state index in [1.54, 1.807) is 23.1 Å². The zero-order valence-electron chi connectivity index (χ0n) is 16.1. The van der Waals surface area contributed by atoms with E-state index in [0.717, 1.165) is 41.6 Å². The fraction of sp³-hybridized carbons (Fsp3) is 0.286. The molecule has 2 N–H and O–H groups in total. The van der Waals surface area contributed by atoms with Crippen molar-refractivity contribution in [2.75, 3.05) is 23.7 Å². The van der Waals surface area contributed by atoms with E-state index in [-0.39, 0.29) is 18.4 Å². The fourth-order valence-corrected chi connectivity index (χ4v) is 4.09. The largest absolute Gasteiger partial charge is 0.326 e. The molecule has 3 heterocycles. The summed E-state index contributed by atoms with van der Waals surface area (Å²) in [5.41, 5.74) is 3.86. The van der Waals surface area contributed by atoms with Crippen LogP contribution in [-0.2, 0) is 11.2 Å². The second-order valence-electron chi connectivity index (χ2n) is 7.23. The van der Waals surface area contributed by atoms with E-state index in [1.807, 2.05) is 35.9 Å². The number of carbonyl (C=O) groups excluding carboxylic acids is 2. The molecule has 3 amide bonds. The third kappa shape index (κ3) is 4.59. The summed E-state index contributed by atoms with van der Waals surface area (Å²) in [5.74, 6) is -0.159. The molecular formula is C21H22BrN5O2. The molecule has 0 aliphatic carbocycles.